The summed E-state index contributed by atoms with van der Waals surface area (Å²) >= 11 is 0. The minimum atomic E-state index is -8.11. The molecule has 6 atom stereocenters. The molecule has 16 nitrogen and oxygen atoms in total. The van der Waals surface area contributed by atoms with Crippen molar-refractivity contribution in [1.29, 1.82) is 0 Å². The summed E-state index contributed by atoms with van der Waals surface area (Å²) in [7, 11) is 0.110. The fourth-order valence-corrected chi connectivity index (χ4v) is 7.00. The SMILES string of the molecule is COC(=O)c1cc(OCc2cc(OC(F)(F)C(F)OC(F)(F)C(F)(F)C(F)(F)F)c(OC(F)(F)C(F)OC(F)(F)C(F)(F)C(F)(F)F)c(OC(F)(F)C(F)OC(F)(F)C(F)(F)C(F)(F)F)c2)cc(OCc2cc(OC(F)(F)C(F)OC(F)(F)C(F)(F)C(F)(F)F)c(OC(F)(F)C(F)OC(F)(F)C(F)(F)C(F)(F)F)c(OC(F)(F)C(F)OC(F)(F)C(F)(F)C(F)(F)F)c2)c1. The first-order valence-electron chi connectivity index (χ1n) is 29.1. The summed E-state index contributed by atoms with van der Waals surface area (Å²) in [4.78, 5) is 12.8. The van der Waals surface area contributed by atoms with E-state index in [1.54, 1.807) is 0 Å². The molecule has 76 heteroatoms. The molecule has 0 spiro atoms. The van der Waals surface area contributed by atoms with Gasteiger partial charge >= 0.3 is 190 Å². The fourth-order valence-electron chi connectivity index (χ4n) is 7.00. The van der Waals surface area contributed by atoms with Crippen LogP contribution in [0.15, 0.2) is 42.5 Å². The van der Waals surface area contributed by atoms with Gasteiger partial charge in [-0.15, -0.1) is 0 Å². The molecule has 3 rings (SSSR count). The van der Waals surface area contributed by atoms with E-state index in [9.17, 15) is 216 Å². The van der Waals surface area contributed by atoms with Crippen LogP contribution in [0.3, 0.4) is 0 Å². The van der Waals surface area contributed by atoms with Crippen molar-refractivity contribution in [3.63, 3.8) is 0 Å². The van der Waals surface area contributed by atoms with Crippen molar-refractivity contribution < 1.29 is 339 Å². The number of carbonyl (C=O) groups is 1. The quantitative estimate of drug-likeness (QED) is 0.0389. The second kappa shape index (κ2) is 35.7. The molecule has 0 aliphatic heterocycles. The Morgan fingerprint density at radius 1 is 0.242 bits per heavy atom. The highest BCUT2D eigenvalue weighted by atomic mass is 19.5. The molecule has 3 aromatic rings. The second-order valence-electron chi connectivity index (χ2n) is 22.7. The normalized spacial score (nSPS) is 16.4. The smallest absolute Gasteiger partial charge is 0.462 e. The van der Waals surface area contributed by atoms with E-state index >= 15 is 52.7 Å². The van der Waals surface area contributed by atoms with Gasteiger partial charge in [0.1, 0.15) is 24.7 Å². The van der Waals surface area contributed by atoms with Crippen LogP contribution in [0.25, 0.3) is 0 Å². The van der Waals surface area contributed by atoms with Crippen LogP contribution in [-0.2, 0) is 46.4 Å². The van der Waals surface area contributed by atoms with Gasteiger partial charge in [-0.3, -0.25) is 28.4 Å². The van der Waals surface area contributed by atoms with Gasteiger partial charge in [-0.1, -0.05) is 0 Å². The summed E-state index contributed by atoms with van der Waals surface area (Å²) in [5.74, 6) is -77.9. The highest BCUT2D eigenvalue weighted by Gasteiger charge is 2.82. The average Bonchev–Trinajstić information content (AvgIpc) is 0.831. The van der Waals surface area contributed by atoms with Crippen molar-refractivity contribution in [2.24, 2.45) is 0 Å². The molecule has 0 fully saturated rings. The number of esters is 1. The molecule has 0 saturated carbocycles. The Morgan fingerprint density at radius 3 is 0.547 bits per heavy atom. The van der Waals surface area contributed by atoms with E-state index in [1.807, 2.05) is 28.4 Å². The Morgan fingerprint density at radius 2 is 0.398 bits per heavy atom. The minimum Gasteiger partial charge on any atom is -0.489 e. The van der Waals surface area contributed by atoms with E-state index in [-0.39, 0.29) is 19.2 Å². The molecule has 0 radical (unpaired) electrons. The molecule has 0 saturated heterocycles. The predicted molar refractivity (Wildman–Crippen MR) is 264 cm³/mol. The minimum absolute atomic E-state index is 0.110. The zero-order valence-corrected chi connectivity index (χ0v) is 57.1. The molecule has 0 N–H and O–H groups in total. The van der Waals surface area contributed by atoms with Gasteiger partial charge in [0, 0.05) is 6.07 Å². The number of ether oxygens (including phenoxy) is 15. The van der Waals surface area contributed by atoms with Crippen LogP contribution in [0.2, 0.25) is 0 Å². The summed E-state index contributed by atoms with van der Waals surface area (Å²) in [6.45, 7) is -5.37. The molecule has 128 heavy (non-hydrogen) atoms. The molecule has 0 amide bonds. The molecule has 0 aliphatic rings. The first kappa shape index (κ1) is 113. The van der Waals surface area contributed by atoms with E-state index in [4.69, 9.17) is 0 Å². The van der Waals surface area contributed by atoms with Gasteiger partial charge in [-0.25, -0.2) is 31.1 Å². The maximum atomic E-state index is 15.4. The predicted octanol–water partition coefficient (Wildman–Crippen LogP) is 23.1. The molecule has 0 aromatic heterocycles. The fraction of sp³-hybridized carbons (Fsp3) is 0.635. The topological polar surface area (TPSA) is 156 Å². The maximum absolute atomic E-state index is 15.4. The summed E-state index contributed by atoms with van der Waals surface area (Å²) in [6, 6.07) is -6.14. The van der Waals surface area contributed by atoms with Crippen molar-refractivity contribution >= 4 is 5.97 Å². The molecular formula is C52H20F60O16. The number of rotatable bonds is 43. The van der Waals surface area contributed by atoms with Crippen molar-refractivity contribution in [1.82, 2.24) is 0 Å². The van der Waals surface area contributed by atoms with Crippen LogP contribution in [0.4, 0.5) is 263 Å². The van der Waals surface area contributed by atoms with Gasteiger partial charge in [-0.05, 0) is 47.5 Å². The van der Waals surface area contributed by atoms with E-state index in [0.29, 0.717) is 0 Å². The van der Waals surface area contributed by atoms with E-state index < -0.39 is 296 Å². The number of benzene rings is 3. The summed E-state index contributed by atoms with van der Waals surface area (Å²) in [5.41, 5.74) is -6.48. The Labute approximate surface area is 655 Å². The molecule has 0 aliphatic carbocycles. The zero-order chi connectivity index (χ0) is 101. The molecule has 0 bridgehead atoms. The lowest BCUT2D eigenvalue weighted by Crippen LogP contribution is -2.56. The third kappa shape index (κ3) is 24.3. The van der Waals surface area contributed by atoms with E-state index in [0.717, 1.165) is 0 Å². The van der Waals surface area contributed by atoms with Gasteiger partial charge in [0.25, 0.3) is 0 Å². The Balaban J connectivity index is 2.71. The molecular weight excluding hydrogens is 2020 g/mol. The van der Waals surface area contributed by atoms with Crippen LogP contribution >= 0.6 is 0 Å². The van der Waals surface area contributed by atoms with Crippen molar-refractivity contribution in [2.75, 3.05) is 7.11 Å². The monoisotopic (exact) mass is 2040 g/mol. The van der Waals surface area contributed by atoms with Gasteiger partial charge < -0.3 is 42.6 Å². The van der Waals surface area contributed by atoms with Gasteiger partial charge in [0.15, 0.2) is 23.0 Å². The highest BCUT2D eigenvalue weighted by Crippen LogP contribution is 2.59. The maximum Gasteiger partial charge on any atom is 0.462 e. The molecule has 0 heterocycles. The number of halogens is 60. The van der Waals surface area contributed by atoms with Crippen LogP contribution in [0, 0.1) is 0 Å². The number of carbonyl (C=O) groups excluding carboxylic acids is 1. The molecule has 6 unspecified atom stereocenters. The Bertz CT molecular complexity index is 3850. The number of methoxy groups -OCH3 is 1. The number of hydrogen-bond acceptors (Lipinski definition) is 16. The lowest BCUT2D eigenvalue weighted by Gasteiger charge is -2.33. The van der Waals surface area contributed by atoms with Crippen molar-refractivity contribution in [3.05, 3.63) is 59.2 Å². The summed E-state index contributed by atoms with van der Waals surface area (Å²) in [6.07, 6.45) is -179. The largest absolute Gasteiger partial charge is 0.489 e. The van der Waals surface area contributed by atoms with Gasteiger partial charge in [0.05, 0.1) is 12.7 Å². The van der Waals surface area contributed by atoms with Crippen LogP contribution in [0.1, 0.15) is 21.5 Å². The van der Waals surface area contributed by atoms with Crippen LogP contribution in [0.5, 0.6) is 46.0 Å². The van der Waals surface area contributed by atoms with E-state index in [1.165, 1.54) is 0 Å². The standard InChI is InChI=1S/C52H20F60O16/c1-114-22(113)13-6-14(115-9-11-2-16(117-29(59,60)23(53)123-47(101,102)35(71,72)41(83,84)85)20(121-33(67,68)27(57)127-51(109,110)39(79,80)45(95,96)97)17(3-11)118-30(61,62)24(54)124-48(103,104)36(73,74)42(86,87)88)8-15(7-13)116-10-12-4-18(119-31(63,64)25(55)125-49(105,106)37(75,76)43(89,90)91)21(122-34(69,70)28(58)128-52(111,112)40(81,82)46(98,99)100)19(5-12)120-32(65,66)26(56)126-50(107,108)38(77,78)44(92,93)94/h2-8,23-28H,9-10H2,1H3. The number of hydrogen-bond donors (Lipinski definition) is 0. The van der Waals surface area contributed by atoms with Gasteiger partial charge in [0.2, 0.25) is 11.5 Å². The summed E-state index contributed by atoms with van der Waals surface area (Å²) in [5, 5.41) is 0. The molecule has 744 valence electrons. The Kier molecular flexibility index (Phi) is 31.6. The lowest BCUT2D eigenvalue weighted by molar-refractivity contribution is -0.461. The summed E-state index contributed by atoms with van der Waals surface area (Å²) < 4.78 is 879. The van der Waals surface area contributed by atoms with Gasteiger partial charge in [-0.2, -0.15) is 237 Å². The first-order valence-corrected chi connectivity index (χ1v) is 29.1. The zero-order valence-electron chi connectivity index (χ0n) is 57.1. The van der Waals surface area contributed by atoms with Crippen LogP contribution < -0.4 is 37.9 Å². The van der Waals surface area contributed by atoms with Crippen LogP contribution in [-0.4, -0.2) is 197 Å². The third-order valence-corrected chi connectivity index (χ3v) is 13.2. The molecule has 3 aromatic carbocycles. The second-order valence-corrected chi connectivity index (χ2v) is 22.7. The average molecular weight is 2040 g/mol. The van der Waals surface area contributed by atoms with Crippen molar-refractivity contribution in [3.8, 4) is 46.0 Å². The van der Waals surface area contributed by atoms with E-state index in [2.05, 4.69) is 42.6 Å². The third-order valence-electron chi connectivity index (χ3n) is 13.2. The lowest BCUT2D eigenvalue weighted by atomic mass is 10.1. The first-order chi connectivity index (χ1) is 56.0. The number of alkyl halides is 60. The Hall–Kier alpha value is -8.91. The van der Waals surface area contributed by atoms with Crippen molar-refractivity contribution in [2.45, 2.75) is 197 Å². The highest BCUT2D eigenvalue weighted by molar-refractivity contribution is 5.90.